The molecular weight excluding hydrogens is 445 g/mol. The number of carbonyl (C=O) groups is 2. The molecule has 1 aliphatic carbocycles. The maximum Gasteiger partial charge on any atom is 0.490 e. The number of hydrogen-bond acceptors (Lipinski definition) is 7. The first-order valence-electron chi connectivity index (χ1n) is 10.7. The third-order valence-electron chi connectivity index (χ3n) is 6.04. The first-order valence-corrected chi connectivity index (χ1v) is 10.7. The molecule has 5 rings (SSSR count). The number of halogens is 3. The van der Waals surface area contributed by atoms with Crippen LogP contribution in [0.5, 0.6) is 0 Å². The number of rotatable bonds is 4. The van der Waals surface area contributed by atoms with E-state index in [1.54, 1.807) is 24.5 Å². The number of aromatic nitrogens is 3. The van der Waals surface area contributed by atoms with E-state index in [9.17, 15) is 18.0 Å². The normalized spacial score (nSPS) is 24.6. The summed E-state index contributed by atoms with van der Waals surface area (Å²) in [6.07, 6.45) is 2.31. The molecule has 3 aliphatic rings. The second kappa shape index (κ2) is 9.46. The van der Waals surface area contributed by atoms with Crippen molar-refractivity contribution in [2.24, 2.45) is 11.8 Å². The SMILES string of the molecule is O=C(O)C(F)(F)F.O=C(c1ccncc1)N1CC[C@@H]2[C@@H](CO[C@H]2Cc2nnc(C3CC3)o2)C1. The molecule has 2 aliphatic heterocycles. The highest BCUT2D eigenvalue weighted by atomic mass is 19.4. The summed E-state index contributed by atoms with van der Waals surface area (Å²) in [6.45, 7) is 2.21. The lowest BCUT2D eigenvalue weighted by Crippen LogP contribution is -2.44. The van der Waals surface area contributed by atoms with Crippen LogP contribution in [0.15, 0.2) is 28.9 Å². The molecule has 12 heteroatoms. The number of pyridine rings is 1. The molecular formula is C21H23F3N4O5. The molecule has 2 aromatic rings. The van der Waals surface area contributed by atoms with Crippen molar-refractivity contribution in [3.63, 3.8) is 0 Å². The average molecular weight is 468 g/mol. The summed E-state index contributed by atoms with van der Waals surface area (Å²) in [7, 11) is 0. The zero-order chi connectivity index (χ0) is 23.6. The highest BCUT2D eigenvalue weighted by Gasteiger charge is 2.43. The fraction of sp³-hybridized carbons (Fsp3) is 0.571. The number of amides is 1. The van der Waals surface area contributed by atoms with Gasteiger partial charge in [-0.15, -0.1) is 10.2 Å². The monoisotopic (exact) mass is 468 g/mol. The van der Waals surface area contributed by atoms with Crippen LogP contribution in [0.4, 0.5) is 13.2 Å². The van der Waals surface area contributed by atoms with Crippen LogP contribution in [0.2, 0.25) is 0 Å². The number of aliphatic carboxylic acids is 1. The zero-order valence-corrected chi connectivity index (χ0v) is 17.6. The van der Waals surface area contributed by atoms with Gasteiger partial charge in [-0.1, -0.05) is 0 Å². The molecule has 0 bridgehead atoms. The average Bonchev–Trinajstić information content (AvgIpc) is 3.42. The van der Waals surface area contributed by atoms with Crippen LogP contribution in [-0.2, 0) is 16.0 Å². The van der Waals surface area contributed by atoms with Crippen molar-refractivity contribution in [1.29, 1.82) is 0 Å². The van der Waals surface area contributed by atoms with E-state index < -0.39 is 12.1 Å². The minimum Gasteiger partial charge on any atom is -0.475 e. The number of hydrogen-bond donors (Lipinski definition) is 1. The third kappa shape index (κ3) is 5.67. The summed E-state index contributed by atoms with van der Waals surface area (Å²) in [5.41, 5.74) is 0.701. The predicted octanol–water partition coefficient (Wildman–Crippen LogP) is 2.70. The number of ether oxygens (including phenoxy) is 1. The van der Waals surface area contributed by atoms with Crippen molar-refractivity contribution >= 4 is 11.9 Å². The number of fused-ring (bicyclic) bond motifs is 1. The molecule has 0 spiro atoms. The topological polar surface area (TPSA) is 119 Å². The molecule has 0 unspecified atom stereocenters. The van der Waals surface area contributed by atoms with Gasteiger partial charge in [0, 0.05) is 42.9 Å². The second-order valence-electron chi connectivity index (χ2n) is 8.39. The Hall–Kier alpha value is -3.02. The highest BCUT2D eigenvalue weighted by Crippen LogP contribution is 2.40. The van der Waals surface area contributed by atoms with E-state index in [2.05, 4.69) is 15.2 Å². The van der Waals surface area contributed by atoms with Crippen molar-refractivity contribution in [1.82, 2.24) is 20.1 Å². The Morgan fingerprint density at radius 1 is 1.15 bits per heavy atom. The standard InChI is InChI=1S/C19H22N4O3.C2HF3O2/c24-19(13-3-6-20-7-4-13)23-8-5-15-14(10-23)11-25-16(15)9-17-21-22-18(26-17)12-1-2-12;3-2(4,5)1(6)7/h3-4,6-7,12,14-16H,1-2,5,8-11H2;(H,6,7)/t14-,15-,16+;/m1./s1. The van der Waals surface area contributed by atoms with E-state index in [1.807, 2.05) is 4.90 Å². The van der Waals surface area contributed by atoms with Gasteiger partial charge in [-0.05, 0) is 37.3 Å². The molecule has 0 radical (unpaired) electrons. The summed E-state index contributed by atoms with van der Waals surface area (Å²) >= 11 is 0. The molecule has 1 amide bonds. The Labute approximate surface area is 186 Å². The molecule has 2 saturated heterocycles. The van der Waals surface area contributed by atoms with Gasteiger partial charge in [0.25, 0.3) is 5.91 Å². The fourth-order valence-electron chi connectivity index (χ4n) is 4.18. The van der Waals surface area contributed by atoms with E-state index in [4.69, 9.17) is 19.1 Å². The van der Waals surface area contributed by atoms with E-state index in [1.165, 1.54) is 0 Å². The number of piperidine rings is 1. The second-order valence-corrected chi connectivity index (χ2v) is 8.39. The molecule has 33 heavy (non-hydrogen) atoms. The third-order valence-corrected chi connectivity index (χ3v) is 6.04. The van der Waals surface area contributed by atoms with Crippen molar-refractivity contribution in [2.45, 2.75) is 43.9 Å². The van der Waals surface area contributed by atoms with Crippen LogP contribution in [0.3, 0.4) is 0 Å². The van der Waals surface area contributed by atoms with Crippen LogP contribution in [0, 0.1) is 11.8 Å². The van der Waals surface area contributed by atoms with Crippen LogP contribution in [-0.4, -0.2) is 69.0 Å². The van der Waals surface area contributed by atoms with Crippen LogP contribution in [0.1, 0.15) is 47.3 Å². The van der Waals surface area contributed by atoms with Gasteiger partial charge in [-0.2, -0.15) is 13.2 Å². The van der Waals surface area contributed by atoms with Gasteiger partial charge < -0.3 is 19.2 Å². The number of nitrogens with zero attached hydrogens (tertiary/aromatic N) is 4. The minimum absolute atomic E-state index is 0.0836. The number of carbonyl (C=O) groups excluding carboxylic acids is 1. The minimum atomic E-state index is -5.08. The van der Waals surface area contributed by atoms with Crippen molar-refractivity contribution in [3.05, 3.63) is 41.9 Å². The van der Waals surface area contributed by atoms with Crippen molar-refractivity contribution in [2.75, 3.05) is 19.7 Å². The van der Waals surface area contributed by atoms with Gasteiger partial charge in [-0.3, -0.25) is 9.78 Å². The lowest BCUT2D eigenvalue weighted by Gasteiger charge is -2.35. The van der Waals surface area contributed by atoms with Crippen LogP contribution < -0.4 is 0 Å². The number of carboxylic acids is 1. The first-order chi connectivity index (χ1) is 15.7. The van der Waals surface area contributed by atoms with Gasteiger partial charge in [-0.25, -0.2) is 4.79 Å². The van der Waals surface area contributed by atoms with E-state index in [0.29, 0.717) is 42.2 Å². The zero-order valence-electron chi connectivity index (χ0n) is 17.6. The Bertz CT molecular complexity index is 980. The summed E-state index contributed by atoms with van der Waals surface area (Å²) in [6, 6.07) is 3.55. The van der Waals surface area contributed by atoms with E-state index in [-0.39, 0.29) is 12.0 Å². The quantitative estimate of drug-likeness (QED) is 0.728. The van der Waals surface area contributed by atoms with E-state index >= 15 is 0 Å². The molecule has 3 fully saturated rings. The number of alkyl halides is 3. The maximum atomic E-state index is 12.7. The smallest absolute Gasteiger partial charge is 0.475 e. The predicted molar refractivity (Wildman–Crippen MR) is 105 cm³/mol. The molecule has 1 N–H and O–H groups in total. The lowest BCUT2D eigenvalue weighted by atomic mass is 9.83. The van der Waals surface area contributed by atoms with Crippen molar-refractivity contribution in [3.8, 4) is 0 Å². The summed E-state index contributed by atoms with van der Waals surface area (Å²) < 4.78 is 43.6. The largest absolute Gasteiger partial charge is 0.490 e. The summed E-state index contributed by atoms with van der Waals surface area (Å²) in [5.74, 6) is 0.113. The number of carboxylic acid groups (broad SMARTS) is 1. The Morgan fingerprint density at radius 3 is 2.48 bits per heavy atom. The maximum absolute atomic E-state index is 12.7. The molecule has 3 atom stereocenters. The molecule has 2 aromatic heterocycles. The Balaban J connectivity index is 0.000000325. The van der Waals surface area contributed by atoms with Gasteiger partial charge in [0.15, 0.2) is 0 Å². The molecule has 4 heterocycles. The lowest BCUT2D eigenvalue weighted by molar-refractivity contribution is -0.192. The van der Waals surface area contributed by atoms with Crippen LogP contribution >= 0.6 is 0 Å². The first kappa shape index (κ1) is 23.1. The van der Waals surface area contributed by atoms with Crippen molar-refractivity contribution < 1.29 is 37.0 Å². The summed E-state index contributed by atoms with van der Waals surface area (Å²) in [5, 5.41) is 15.5. The van der Waals surface area contributed by atoms with Gasteiger partial charge in [0.2, 0.25) is 11.8 Å². The molecule has 1 saturated carbocycles. The Morgan fingerprint density at radius 2 is 1.85 bits per heavy atom. The Kier molecular flexibility index (Phi) is 6.63. The van der Waals surface area contributed by atoms with Gasteiger partial charge in [0.05, 0.1) is 19.1 Å². The van der Waals surface area contributed by atoms with E-state index in [0.717, 1.165) is 38.2 Å². The highest BCUT2D eigenvalue weighted by molar-refractivity contribution is 5.94. The molecule has 0 aromatic carbocycles. The van der Waals surface area contributed by atoms with Crippen LogP contribution in [0.25, 0.3) is 0 Å². The number of likely N-dealkylation sites (tertiary alicyclic amines) is 1. The molecule has 9 nitrogen and oxygen atoms in total. The van der Waals surface area contributed by atoms with Gasteiger partial charge >= 0.3 is 12.1 Å². The fourth-order valence-corrected chi connectivity index (χ4v) is 4.18. The summed E-state index contributed by atoms with van der Waals surface area (Å²) in [4.78, 5) is 27.5. The van der Waals surface area contributed by atoms with Gasteiger partial charge in [0.1, 0.15) is 0 Å². The molecule has 178 valence electrons.